The third-order valence-electron chi connectivity index (χ3n) is 4.91. The number of fused-ring (bicyclic) bond motifs is 3. The number of benzene rings is 2. The van der Waals surface area contributed by atoms with Crippen LogP contribution in [0.5, 0.6) is 0 Å². The van der Waals surface area contributed by atoms with Crippen LogP contribution in [0.25, 0.3) is 0 Å². The molecule has 0 radical (unpaired) electrons. The highest BCUT2D eigenvalue weighted by Gasteiger charge is 2.40. The number of nitrogens with zero attached hydrogens (tertiary/aromatic N) is 1. The maximum Gasteiger partial charge on any atom is 0.271 e. The molecule has 0 aromatic heterocycles. The second kappa shape index (κ2) is 6.20. The topological polar surface area (TPSA) is 55.2 Å². The first kappa shape index (κ1) is 16.7. The molecular weight excluding hydrogens is 383 g/mol. The Morgan fingerprint density at radius 1 is 1.08 bits per heavy atom. The Balaban J connectivity index is 1.84. The molecule has 0 saturated carbocycles. The van der Waals surface area contributed by atoms with E-state index in [1.165, 1.54) is 6.07 Å². The fraction of sp³-hybridized carbons (Fsp3) is 0.222. The van der Waals surface area contributed by atoms with E-state index in [9.17, 15) is 10.1 Å². The zero-order valence-electron chi connectivity index (χ0n) is 12.9. The summed E-state index contributed by atoms with van der Waals surface area (Å²) < 4.78 is 0. The van der Waals surface area contributed by atoms with Crippen molar-refractivity contribution in [3.63, 3.8) is 0 Å². The summed E-state index contributed by atoms with van der Waals surface area (Å²) in [5, 5.41) is 16.2. The second-order valence-electron chi connectivity index (χ2n) is 6.29. The zero-order chi connectivity index (χ0) is 17.7. The molecule has 4 nitrogen and oxygen atoms in total. The predicted octanol–water partition coefficient (Wildman–Crippen LogP) is 6.38. The summed E-state index contributed by atoms with van der Waals surface area (Å²) in [6, 6.07) is 8.41. The quantitative estimate of drug-likeness (QED) is 0.364. The van der Waals surface area contributed by atoms with Crippen molar-refractivity contribution < 1.29 is 4.92 Å². The van der Waals surface area contributed by atoms with Gasteiger partial charge in [-0.05, 0) is 35.6 Å². The van der Waals surface area contributed by atoms with Crippen molar-refractivity contribution in [2.75, 3.05) is 5.32 Å². The fourth-order valence-electron chi connectivity index (χ4n) is 3.81. The van der Waals surface area contributed by atoms with Gasteiger partial charge in [-0.15, -0.1) is 0 Å². The van der Waals surface area contributed by atoms with Crippen molar-refractivity contribution in [2.45, 2.75) is 18.4 Å². The largest absolute Gasteiger partial charge is 0.376 e. The number of halogens is 3. The van der Waals surface area contributed by atoms with E-state index in [2.05, 4.69) is 17.5 Å². The summed E-state index contributed by atoms with van der Waals surface area (Å²) in [4.78, 5) is 10.8. The molecule has 1 N–H and O–H groups in total. The maximum absolute atomic E-state index is 11.2. The summed E-state index contributed by atoms with van der Waals surface area (Å²) in [6.45, 7) is 0. The van der Waals surface area contributed by atoms with Gasteiger partial charge in [-0.2, -0.15) is 0 Å². The van der Waals surface area contributed by atoms with Crippen molar-refractivity contribution in [3.05, 3.63) is 78.8 Å². The predicted molar refractivity (Wildman–Crippen MR) is 101 cm³/mol. The Morgan fingerprint density at radius 2 is 1.88 bits per heavy atom. The van der Waals surface area contributed by atoms with Crippen molar-refractivity contribution in [3.8, 4) is 0 Å². The number of rotatable bonds is 2. The molecule has 1 aliphatic carbocycles. The lowest BCUT2D eigenvalue weighted by molar-refractivity contribution is -0.384. The Kier molecular flexibility index (Phi) is 4.14. The summed E-state index contributed by atoms with van der Waals surface area (Å²) >= 11 is 18.8. The Hall–Kier alpha value is -1.75. The first-order chi connectivity index (χ1) is 12.0. The first-order valence-electron chi connectivity index (χ1n) is 7.81. The molecular formula is C18H13Cl3N2O2. The average Bonchev–Trinajstić information content (AvgIpc) is 3.04. The van der Waals surface area contributed by atoms with Gasteiger partial charge in [-0.1, -0.05) is 53.0 Å². The minimum atomic E-state index is -0.415. The van der Waals surface area contributed by atoms with Gasteiger partial charge in [0.05, 0.1) is 21.7 Å². The molecule has 0 fully saturated rings. The van der Waals surface area contributed by atoms with Crippen LogP contribution >= 0.6 is 34.8 Å². The van der Waals surface area contributed by atoms with Crippen LogP contribution in [0.15, 0.2) is 42.5 Å². The molecule has 7 heteroatoms. The van der Waals surface area contributed by atoms with Crippen LogP contribution < -0.4 is 5.32 Å². The number of nitro benzene ring substituents is 1. The Labute approximate surface area is 159 Å². The van der Waals surface area contributed by atoms with Gasteiger partial charge in [-0.25, -0.2) is 0 Å². The van der Waals surface area contributed by atoms with Crippen LogP contribution in [0.1, 0.15) is 29.5 Å². The zero-order valence-corrected chi connectivity index (χ0v) is 15.1. The number of non-ortho nitro benzene ring substituents is 1. The summed E-state index contributed by atoms with van der Waals surface area (Å²) in [6.07, 6.45) is 5.07. The summed E-state index contributed by atoms with van der Waals surface area (Å²) in [5.74, 6) is 0.273. The van der Waals surface area contributed by atoms with Gasteiger partial charge in [0.1, 0.15) is 0 Å². The Morgan fingerprint density at radius 3 is 2.60 bits per heavy atom. The van der Waals surface area contributed by atoms with Crippen LogP contribution in [0.3, 0.4) is 0 Å². The summed E-state index contributed by atoms with van der Waals surface area (Å²) in [7, 11) is 0. The van der Waals surface area contributed by atoms with E-state index in [0.717, 1.165) is 23.2 Å². The molecule has 0 amide bonds. The minimum Gasteiger partial charge on any atom is -0.376 e. The van der Waals surface area contributed by atoms with Gasteiger partial charge in [0.15, 0.2) is 0 Å². The van der Waals surface area contributed by atoms with Gasteiger partial charge in [0.25, 0.3) is 5.69 Å². The Bertz CT molecular complexity index is 913. The summed E-state index contributed by atoms with van der Waals surface area (Å²) in [5.41, 5.74) is 2.55. The lowest BCUT2D eigenvalue weighted by atomic mass is 9.77. The lowest BCUT2D eigenvalue weighted by Crippen LogP contribution is -2.29. The standard InChI is InChI=1S/C18H13Cl3N2O2/c19-9-4-5-13(15(20)6-9)17-12-3-1-2-11(12)14-7-10(23(24)25)8-16(21)18(14)22-17/h1-2,4-8,11-12,17,22H,3H2/t11-,12+,17+/m0/s1. The van der Waals surface area contributed by atoms with E-state index in [1.54, 1.807) is 12.1 Å². The first-order valence-corrected chi connectivity index (χ1v) is 8.95. The third-order valence-corrected chi connectivity index (χ3v) is 5.77. The van der Waals surface area contributed by atoms with E-state index < -0.39 is 4.92 Å². The highest BCUT2D eigenvalue weighted by atomic mass is 35.5. The van der Waals surface area contributed by atoms with Gasteiger partial charge < -0.3 is 5.32 Å². The van der Waals surface area contributed by atoms with E-state index in [1.807, 2.05) is 12.1 Å². The lowest BCUT2D eigenvalue weighted by Gasteiger charge is -2.38. The van der Waals surface area contributed by atoms with Gasteiger partial charge in [0.2, 0.25) is 0 Å². The van der Waals surface area contributed by atoms with E-state index >= 15 is 0 Å². The molecule has 2 aliphatic rings. The number of hydrogen-bond acceptors (Lipinski definition) is 3. The van der Waals surface area contributed by atoms with E-state index in [-0.39, 0.29) is 23.6 Å². The second-order valence-corrected chi connectivity index (χ2v) is 7.54. The molecule has 2 aromatic rings. The van der Waals surface area contributed by atoms with E-state index in [4.69, 9.17) is 34.8 Å². The molecule has 0 bridgehead atoms. The average molecular weight is 396 g/mol. The molecule has 128 valence electrons. The third kappa shape index (κ3) is 2.78. The molecule has 25 heavy (non-hydrogen) atoms. The normalized spacial score (nSPS) is 23.7. The molecule has 4 rings (SSSR count). The van der Waals surface area contributed by atoms with Gasteiger partial charge in [-0.3, -0.25) is 10.1 Å². The number of nitrogens with one attached hydrogen (secondary N) is 1. The monoisotopic (exact) mass is 394 g/mol. The number of nitro groups is 1. The van der Waals surface area contributed by atoms with Crippen molar-refractivity contribution in [2.24, 2.45) is 5.92 Å². The molecule has 1 aliphatic heterocycles. The van der Waals surface area contributed by atoms with Crippen molar-refractivity contribution >= 4 is 46.2 Å². The smallest absolute Gasteiger partial charge is 0.271 e. The van der Waals surface area contributed by atoms with Crippen LogP contribution in [-0.4, -0.2) is 4.92 Å². The molecule has 0 unspecified atom stereocenters. The van der Waals surface area contributed by atoms with Crippen molar-refractivity contribution in [1.29, 1.82) is 0 Å². The molecule has 2 aromatic carbocycles. The number of hydrogen-bond donors (Lipinski definition) is 1. The van der Waals surface area contributed by atoms with Crippen LogP contribution in [0.4, 0.5) is 11.4 Å². The van der Waals surface area contributed by atoms with Crippen LogP contribution in [0, 0.1) is 16.0 Å². The van der Waals surface area contributed by atoms with Gasteiger partial charge >= 0.3 is 0 Å². The number of allylic oxidation sites excluding steroid dienone is 2. The minimum absolute atomic E-state index is 0.00701. The SMILES string of the molecule is O=[N+]([O-])c1cc(Cl)c2c(c1)[C@H]1C=CC[C@H]1[C@H](c1ccc(Cl)cc1Cl)N2. The molecule has 0 spiro atoms. The fourth-order valence-corrected chi connectivity index (χ4v) is 4.61. The van der Waals surface area contributed by atoms with Crippen LogP contribution in [0.2, 0.25) is 15.1 Å². The molecule has 0 saturated heterocycles. The maximum atomic E-state index is 11.2. The van der Waals surface area contributed by atoms with Crippen LogP contribution in [-0.2, 0) is 0 Å². The van der Waals surface area contributed by atoms with Crippen molar-refractivity contribution in [1.82, 2.24) is 0 Å². The molecule has 3 atom stereocenters. The number of anilines is 1. The van der Waals surface area contributed by atoms with E-state index in [0.29, 0.717) is 15.1 Å². The highest BCUT2D eigenvalue weighted by molar-refractivity contribution is 6.35. The molecule has 1 heterocycles. The van der Waals surface area contributed by atoms with Gasteiger partial charge in [0, 0.05) is 28.1 Å². The highest BCUT2D eigenvalue weighted by Crippen LogP contribution is 2.53.